The highest BCUT2D eigenvalue weighted by molar-refractivity contribution is 4.81. The second-order valence-corrected chi connectivity index (χ2v) is 5.53. The molecule has 0 atom stereocenters. The number of hydrogen-bond donors (Lipinski definition) is 0. The van der Waals surface area contributed by atoms with Gasteiger partial charge in [-0.05, 0) is 12.8 Å². The summed E-state index contributed by atoms with van der Waals surface area (Å²) in [6.45, 7) is 12.6. The fraction of sp³-hybridized carbons (Fsp3) is 1.00. The lowest BCUT2D eigenvalue weighted by molar-refractivity contribution is -0.266. The smallest absolute Gasteiger partial charge is 0.162 e. The van der Waals surface area contributed by atoms with Crippen LogP contribution in [0.3, 0.4) is 0 Å². The quantitative estimate of drug-likeness (QED) is 0.681. The first-order valence-electron chi connectivity index (χ1n) is 5.67. The maximum atomic E-state index is 5.82. The Morgan fingerprint density at radius 1 is 1.07 bits per heavy atom. The molecule has 0 aromatic rings. The largest absolute Gasteiger partial charge is 0.351 e. The lowest BCUT2D eigenvalue weighted by atomic mass is 9.83. The van der Waals surface area contributed by atoms with Crippen LogP contribution in [0, 0.1) is 10.8 Å². The number of rotatable bonds is 2. The molecule has 0 bridgehead atoms. The van der Waals surface area contributed by atoms with Gasteiger partial charge in [0.05, 0.1) is 13.2 Å². The predicted molar refractivity (Wildman–Crippen MR) is 58.2 cm³/mol. The summed E-state index contributed by atoms with van der Waals surface area (Å²) >= 11 is 0. The monoisotopic (exact) mass is 200 g/mol. The van der Waals surface area contributed by atoms with Crippen molar-refractivity contribution in [3.8, 4) is 0 Å². The van der Waals surface area contributed by atoms with E-state index in [-0.39, 0.29) is 17.1 Å². The Kier molecular flexibility index (Phi) is 3.59. The van der Waals surface area contributed by atoms with Crippen LogP contribution in [0.5, 0.6) is 0 Å². The van der Waals surface area contributed by atoms with Crippen LogP contribution in [0.25, 0.3) is 0 Å². The summed E-state index contributed by atoms with van der Waals surface area (Å²) in [5, 5.41) is 0. The Balaban J connectivity index is 2.53. The Morgan fingerprint density at radius 2 is 1.50 bits per heavy atom. The third kappa shape index (κ3) is 2.48. The van der Waals surface area contributed by atoms with E-state index in [1.165, 1.54) is 0 Å². The van der Waals surface area contributed by atoms with Gasteiger partial charge >= 0.3 is 0 Å². The summed E-state index contributed by atoms with van der Waals surface area (Å²) in [5.74, 6) is 0. The van der Waals surface area contributed by atoms with Gasteiger partial charge in [-0.2, -0.15) is 0 Å². The van der Waals surface area contributed by atoms with E-state index in [0.717, 1.165) is 26.1 Å². The molecular weight excluding hydrogens is 176 g/mol. The number of ether oxygens (including phenoxy) is 2. The highest BCUT2D eigenvalue weighted by atomic mass is 16.7. The van der Waals surface area contributed by atoms with E-state index in [4.69, 9.17) is 9.47 Å². The average Bonchev–Trinajstić information content (AvgIpc) is 2.16. The molecule has 1 fully saturated rings. The number of hydrogen-bond acceptors (Lipinski definition) is 2. The molecular formula is C12H24O2. The zero-order valence-electron chi connectivity index (χ0n) is 10.2. The van der Waals surface area contributed by atoms with Gasteiger partial charge in [0.15, 0.2) is 6.29 Å². The molecule has 1 heterocycles. The molecule has 0 N–H and O–H groups in total. The summed E-state index contributed by atoms with van der Waals surface area (Å²) in [7, 11) is 0. The van der Waals surface area contributed by atoms with Crippen molar-refractivity contribution in [1.82, 2.24) is 0 Å². The van der Waals surface area contributed by atoms with Crippen molar-refractivity contribution in [3.63, 3.8) is 0 Å². The molecule has 0 aromatic carbocycles. The first-order valence-corrected chi connectivity index (χ1v) is 5.67. The molecule has 0 amide bonds. The van der Waals surface area contributed by atoms with Gasteiger partial charge in [0.25, 0.3) is 0 Å². The standard InChI is InChI=1S/C12H24O2/c1-6-12(7-2)8-13-10(14-9-12)11(3,4)5/h10H,6-9H2,1-5H3. The van der Waals surface area contributed by atoms with Crippen LogP contribution < -0.4 is 0 Å². The van der Waals surface area contributed by atoms with E-state index in [2.05, 4.69) is 34.6 Å². The molecule has 0 radical (unpaired) electrons. The van der Waals surface area contributed by atoms with Crippen LogP contribution >= 0.6 is 0 Å². The molecule has 0 aliphatic carbocycles. The van der Waals surface area contributed by atoms with Crippen LogP contribution in [-0.4, -0.2) is 19.5 Å². The van der Waals surface area contributed by atoms with Crippen molar-refractivity contribution in [2.24, 2.45) is 10.8 Å². The van der Waals surface area contributed by atoms with Gasteiger partial charge in [0.2, 0.25) is 0 Å². The minimum Gasteiger partial charge on any atom is -0.351 e. The Labute approximate surface area is 88.0 Å². The minimum absolute atomic E-state index is 0.0336. The van der Waals surface area contributed by atoms with E-state index < -0.39 is 0 Å². The molecule has 2 nitrogen and oxygen atoms in total. The zero-order chi connectivity index (χ0) is 10.8. The Bertz CT molecular complexity index is 167. The van der Waals surface area contributed by atoms with Crippen molar-refractivity contribution in [2.75, 3.05) is 13.2 Å². The van der Waals surface area contributed by atoms with E-state index >= 15 is 0 Å². The van der Waals surface area contributed by atoms with Crippen LogP contribution in [0.2, 0.25) is 0 Å². The summed E-state index contributed by atoms with van der Waals surface area (Å²) in [4.78, 5) is 0. The van der Waals surface area contributed by atoms with Gasteiger partial charge < -0.3 is 9.47 Å². The SMILES string of the molecule is CCC1(CC)COC(C(C)(C)C)OC1. The molecule has 1 saturated heterocycles. The summed E-state index contributed by atoms with van der Waals surface area (Å²) in [5.41, 5.74) is 0.357. The van der Waals surface area contributed by atoms with Crippen molar-refractivity contribution in [2.45, 2.75) is 53.8 Å². The van der Waals surface area contributed by atoms with Gasteiger partial charge in [-0.3, -0.25) is 0 Å². The first kappa shape index (κ1) is 12.0. The topological polar surface area (TPSA) is 18.5 Å². The van der Waals surface area contributed by atoms with Crippen LogP contribution in [-0.2, 0) is 9.47 Å². The molecule has 14 heavy (non-hydrogen) atoms. The highest BCUT2D eigenvalue weighted by Crippen LogP contribution is 2.36. The van der Waals surface area contributed by atoms with Crippen LogP contribution in [0.1, 0.15) is 47.5 Å². The molecule has 0 saturated carbocycles. The Morgan fingerprint density at radius 3 is 1.79 bits per heavy atom. The first-order chi connectivity index (χ1) is 6.43. The summed E-state index contributed by atoms with van der Waals surface area (Å²) in [6, 6.07) is 0. The lowest BCUT2D eigenvalue weighted by Crippen LogP contribution is -2.45. The van der Waals surface area contributed by atoms with E-state index in [1.54, 1.807) is 0 Å². The van der Waals surface area contributed by atoms with E-state index in [0.29, 0.717) is 0 Å². The normalized spacial score (nSPS) is 23.8. The molecule has 0 aromatic heterocycles. The third-order valence-electron chi connectivity index (χ3n) is 3.29. The second-order valence-electron chi connectivity index (χ2n) is 5.53. The zero-order valence-corrected chi connectivity index (χ0v) is 10.2. The van der Waals surface area contributed by atoms with Crippen molar-refractivity contribution < 1.29 is 9.47 Å². The second kappa shape index (κ2) is 4.19. The van der Waals surface area contributed by atoms with Crippen molar-refractivity contribution in [1.29, 1.82) is 0 Å². The fourth-order valence-corrected chi connectivity index (χ4v) is 1.75. The maximum Gasteiger partial charge on any atom is 0.162 e. The third-order valence-corrected chi connectivity index (χ3v) is 3.29. The molecule has 84 valence electrons. The molecule has 0 unspecified atom stereocenters. The highest BCUT2D eigenvalue weighted by Gasteiger charge is 2.38. The summed E-state index contributed by atoms with van der Waals surface area (Å²) in [6.07, 6.45) is 2.24. The van der Waals surface area contributed by atoms with Gasteiger partial charge in [0, 0.05) is 10.8 Å². The molecule has 0 spiro atoms. The van der Waals surface area contributed by atoms with E-state index in [9.17, 15) is 0 Å². The molecule has 2 heteroatoms. The summed E-state index contributed by atoms with van der Waals surface area (Å²) < 4.78 is 11.6. The van der Waals surface area contributed by atoms with Crippen LogP contribution in [0.4, 0.5) is 0 Å². The average molecular weight is 200 g/mol. The lowest BCUT2D eigenvalue weighted by Gasteiger charge is -2.43. The fourth-order valence-electron chi connectivity index (χ4n) is 1.75. The van der Waals surface area contributed by atoms with Gasteiger partial charge in [-0.25, -0.2) is 0 Å². The van der Waals surface area contributed by atoms with Crippen molar-refractivity contribution in [3.05, 3.63) is 0 Å². The van der Waals surface area contributed by atoms with Gasteiger partial charge in [0.1, 0.15) is 0 Å². The van der Waals surface area contributed by atoms with Crippen LogP contribution in [0.15, 0.2) is 0 Å². The maximum absolute atomic E-state index is 5.82. The van der Waals surface area contributed by atoms with Gasteiger partial charge in [-0.1, -0.05) is 34.6 Å². The molecule has 1 rings (SSSR count). The molecule has 1 aliphatic rings. The molecule has 1 aliphatic heterocycles. The minimum atomic E-state index is -0.0336. The predicted octanol–water partition coefficient (Wildman–Crippen LogP) is 3.21. The van der Waals surface area contributed by atoms with Crippen molar-refractivity contribution >= 4 is 0 Å². The Hall–Kier alpha value is -0.0800. The van der Waals surface area contributed by atoms with Gasteiger partial charge in [-0.15, -0.1) is 0 Å². The van der Waals surface area contributed by atoms with E-state index in [1.807, 2.05) is 0 Å².